The van der Waals surface area contributed by atoms with Crippen LogP contribution in [0.5, 0.6) is 0 Å². The minimum absolute atomic E-state index is 0.292. The van der Waals surface area contributed by atoms with Gasteiger partial charge in [-0.25, -0.2) is 4.79 Å². The number of hydrogen-bond donors (Lipinski definition) is 0. The zero-order valence-corrected chi connectivity index (χ0v) is 6.40. The normalized spacial score (nSPS) is 9.40. The van der Waals surface area contributed by atoms with Crippen LogP contribution >= 0.6 is 11.3 Å². The fourth-order valence-corrected chi connectivity index (χ4v) is 1.31. The first-order chi connectivity index (χ1) is 4.74. The molecule has 10 heavy (non-hydrogen) atoms. The molecule has 1 rings (SSSR count). The van der Waals surface area contributed by atoms with Crippen LogP contribution < -0.4 is 0 Å². The van der Waals surface area contributed by atoms with Crippen LogP contribution in [0.1, 0.15) is 14.5 Å². The van der Waals surface area contributed by atoms with Gasteiger partial charge in [-0.2, -0.15) is 0 Å². The van der Waals surface area contributed by atoms with E-state index in [1.54, 1.807) is 12.1 Å². The molecule has 0 aromatic carbocycles. The summed E-state index contributed by atoms with van der Waals surface area (Å²) in [7, 11) is 1.37. The van der Waals surface area contributed by atoms with Crippen molar-refractivity contribution >= 4 is 17.3 Å². The van der Waals surface area contributed by atoms with Gasteiger partial charge in [-0.1, -0.05) is 0 Å². The van der Waals surface area contributed by atoms with E-state index in [2.05, 4.69) is 11.7 Å². The molecule has 2 nitrogen and oxygen atoms in total. The van der Waals surface area contributed by atoms with E-state index >= 15 is 0 Å². The molecule has 0 saturated heterocycles. The van der Waals surface area contributed by atoms with Gasteiger partial charge in [0.05, 0.1) is 7.11 Å². The summed E-state index contributed by atoms with van der Waals surface area (Å²) in [6, 6.07) is 3.50. The van der Waals surface area contributed by atoms with E-state index in [1.165, 1.54) is 18.4 Å². The van der Waals surface area contributed by atoms with Crippen molar-refractivity contribution in [1.29, 1.82) is 0 Å². The Labute approximate surface area is 63.4 Å². The number of hydrogen-bond acceptors (Lipinski definition) is 3. The van der Waals surface area contributed by atoms with Gasteiger partial charge in [-0.15, -0.1) is 11.3 Å². The summed E-state index contributed by atoms with van der Waals surface area (Å²) >= 11 is 1.33. The first-order valence-electron chi connectivity index (χ1n) is 2.74. The molecule has 0 bridgehead atoms. The highest BCUT2D eigenvalue weighted by Gasteiger charge is 2.05. The summed E-state index contributed by atoms with van der Waals surface area (Å²) in [6.07, 6.45) is 0. The van der Waals surface area contributed by atoms with Crippen LogP contribution in [0.2, 0.25) is 0 Å². The van der Waals surface area contributed by atoms with Gasteiger partial charge < -0.3 is 4.74 Å². The van der Waals surface area contributed by atoms with Gasteiger partial charge in [0.2, 0.25) is 0 Å². The maximum absolute atomic E-state index is 10.8. The summed E-state index contributed by atoms with van der Waals surface area (Å²) in [6.45, 7) is 3.67. The second kappa shape index (κ2) is 2.84. The quantitative estimate of drug-likeness (QED) is 0.577. The summed E-state index contributed by atoms with van der Waals surface area (Å²) < 4.78 is 4.49. The average Bonchev–Trinajstić information content (AvgIpc) is 2.34. The van der Waals surface area contributed by atoms with E-state index in [9.17, 15) is 4.79 Å². The Balaban J connectivity index is 2.85. The van der Waals surface area contributed by atoms with Gasteiger partial charge in [0.1, 0.15) is 4.88 Å². The number of esters is 1. The lowest BCUT2D eigenvalue weighted by Crippen LogP contribution is -1.96. The molecule has 0 aliphatic rings. The molecule has 0 amide bonds. The SMILES string of the molecule is [CH2]c1ccc(C(=O)OC)s1. The second-order valence-electron chi connectivity index (χ2n) is 1.76. The Hall–Kier alpha value is -0.830. The Kier molecular flexibility index (Phi) is 2.06. The molecule has 1 heterocycles. The Bertz CT molecular complexity index is 240. The number of thiophene rings is 1. The zero-order valence-electron chi connectivity index (χ0n) is 5.59. The van der Waals surface area contributed by atoms with E-state index in [4.69, 9.17) is 0 Å². The Morgan fingerprint density at radius 1 is 1.70 bits per heavy atom. The first kappa shape index (κ1) is 7.28. The molecular weight excluding hydrogens is 148 g/mol. The first-order valence-corrected chi connectivity index (χ1v) is 3.56. The van der Waals surface area contributed by atoms with Crippen molar-refractivity contribution in [2.45, 2.75) is 0 Å². The molecule has 1 aromatic rings. The van der Waals surface area contributed by atoms with E-state index in [-0.39, 0.29) is 5.97 Å². The minimum atomic E-state index is -0.292. The van der Waals surface area contributed by atoms with Crippen molar-refractivity contribution in [3.05, 3.63) is 28.8 Å². The summed E-state index contributed by atoms with van der Waals surface area (Å²) in [5.74, 6) is -0.292. The fraction of sp³-hybridized carbons (Fsp3) is 0.143. The molecule has 0 aliphatic heterocycles. The van der Waals surface area contributed by atoms with Crippen LogP contribution in [0, 0.1) is 6.92 Å². The van der Waals surface area contributed by atoms with Gasteiger partial charge >= 0.3 is 5.97 Å². The molecule has 1 aromatic heterocycles. The van der Waals surface area contributed by atoms with Gasteiger partial charge in [0.25, 0.3) is 0 Å². The van der Waals surface area contributed by atoms with Crippen molar-refractivity contribution in [1.82, 2.24) is 0 Å². The third kappa shape index (κ3) is 1.36. The van der Waals surface area contributed by atoms with Crippen LogP contribution in [0.3, 0.4) is 0 Å². The molecule has 0 N–H and O–H groups in total. The molecule has 0 spiro atoms. The fourth-order valence-electron chi connectivity index (χ4n) is 0.588. The summed E-state index contributed by atoms with van der Waals surface area (Å²) in [5, 5.41) is 0. The average molecular weight is 155 g/mol. The molecule has 0 unspecified atom stereocenters. The highest BCUT2D eigenvalue weighted by molar-refractivity contribution is 7.14. The smallest absolute Gasteiger partial charge is 0.348 e. The van der Waals surface area contributed by atoms with E-state index in [1.807, 2.05) is 0 Å². The monoisotopic (exact) mass is 155 g/mol. The molecule has 0 saturated carbocycles. The minimum Gasteiger partial charge on any atom is -0.465 e. The number of carbonyl (C=O) groups excluding carboxylic acids is 1. The highest BCUT2D eigenvalue weighted by Crippen LogP contribution is 2.15. The maximum atomic E-state index is 10.8. The Morgan fingerprint density at radius 2 is 2.40 bits per heavy atom. The predicted octanol–water partition coefficient (Wildman–Crippen LogP) is 1.72. The lowest BCUT2D eigenvalue weighted by Gasteiger charge is -1.90. The standard InChI is InChI=1S/C7H7O2S/c1-5-3-4-6(10-5)7(8)9-2/h3-4H,1H2,2H3. The molecule has 0 aliphatic carbocycles. The molecule has 3 heteroatoms. The molecular formula is C7H7O2S. The lowest BCUT2D eigenvalue weighted by molar-refractivity contribution is 0.0606. The largest absolute Gasteiger partial charge is 0.465 e. The van der Waals surface area contributed by atoms with Crippen molar-refractivity contribution < 1.29 is 9.53 Å². The van der Waals surface area contributed by atoms with E-state index in [0.29, 0.717) is 4.88 Å². The topological polar surface area (TPSA) is 26.3 Å². The van der Waals surface area contributed by atoms with Crippen molar-refractivity contribution in [3.8, 4) is 0 Å². The van der Waals surface area contributed by atoms with Crippen LogP contribution in [0.25, 0.3) is 0 Å². The maximum Gasteiger partial charge on any atom is 0.348 e. The van der Waals surface area contributed by atoms with Crippen LogP contribution in [0.4, 0.5) is 0 Å². The summed E-state index contributed by atoms with van der Waals surface area (Å²) in [5.41, 5.74) is 0. The lowest BCUT2D eigenvalue weighted by atomic mass is 10.4. The van der Waals surface area contributed by atoms with Gasteiger partial charge in [-0.3, -0.25) is 0 Å². The molecule has 0 atom stereocenters. The van der Waals surface area contributed by atoms with Gasteiger partial charge in [0, 0.05) is 4.88 Å². The van der Waals surface area contributed by atoms with Crippen molar-refractivity contribution in [2.75, 3.05) is 7.11 Å². The van der Waals surface area contributed by atoms with Gasteiger partial charge in [-0.05, 0) is 19.1 Å². The predicted molar refractivity (Wildman–Crippen MR) is 40.1 cm³/mol. The van der Waals surface area contributed by atoms with E-state index < -0.39 is 0 Å². The second-order valence-corrected chi connectivity index (χ2v) is 2.93. The molecule has 53 valence electrons. The third-order valence-corrected chi connectivity index (χ3v) is 1.97. The number of methoxy groups -OCH3 is 1. The van der Waals surface area contributed by atoms with Gasteiger partial charge in [0.15, 0.2) is 0 Å². The highest BCUT2D eigenvalue weighted by atomic mass is 32.1. The van der Waals surface area contributed by atoms with Crippen molar-refractivity contribution in [2.24, 2.45) is 0 Å². The van der Waals surface area contributed by atoms with E-state index in [0.717, 1.165) is 4.88 Å². The zero-order chi connectivity index (χ0) is 7.56. The van der Waals surface area contributed by atoms with Crippen LogP contribution in [-0.2, 0) is 4.74 Å². The summed E-state index contributed by atoms with van der Waals surface area (Å²) in [4.78, 5) is 12.3. The molecule has 0 fully saturated rings. The Morgan fingerprint density at radius 3 is 2.80 bits per heavy atom. The van der Waals surface area contributed by atoms with Crippen LogP contribution in [-0.4, -0.2) is 13.1 Å². The number of carbonyl (C=O) groups is 1. The van der Waals surface area contributed by atoms with Crippen molar-refractivity contribution in [3.63, 3.8) is 0 Å². The third-order valence-electron chi connectivity index (χ3n) is 1.05. The number of rotatable bonds is 1. The number of ether oxygens (including phenoxy) is 1. The molecule has 1 radical (unpaired) electrons. The van der Waals surface area contributed by atoms with Crippen LogP contribution in [0.15, 0.2) is 12.1 Å².